The van der Waals surface area contributed by atoms with Crippen LogP contribution in [-0.4, -0.2) is 23.1 Å². The smallest absolute Gasteiger partial charge is 0.298 e. The molecule has 1 aromatic heterocycles. The highest BCUT2D eigenvalue weighted by atomic mass is 79.9. The Hall–Kier alpha value is -0.400. The van der Waals surface area contributed by atoms with Gasteiger partial charge in [-0.25, -0.2) is 0 Å². The van der Waals surface area contributed by atoms with Crippen molar-refractivity contribution in [3.63, 3.8) is 0 Å². The fourth-order valence-corrected chi connectivity index (χ4v) is 2.67. The monoisotopic (exact) mass is 382 g/mol. The van der Waals surface area contributed by atoms with Crippen LogP contribution >= 0.6 is 50.7 Å². The molecule has 19 heavy (non-hydrogen) atoms. The standard InChI is InChI=1S/C11H9BrCl2N2O2S/c1-17-3-2-10-15-11(19-16-10)18-9-5-7(13)6(12)4-8(9)14/h4-5H,2-3H2,1H3. The van der Waals surface area contributed by atoms with Crippen LogP contribution in [0.15, 0.2) is 16.6 Å². The maximum Gasteiger partial charge on any atom is 0.298 e. The summed E-state index contributed by atoms with van der Waals surface area (Å²) in [6.45, 7) is 0.570. The molecular formula is C11H9BrCl2N2O2S. The highest BCUT2D eigenvalue weighted by Crippen LogP contribution is 2.36. The van der Waals surface area contributed by atoms with Gasteiger partial charge >= 0.3 is 0 Å². The Bertz CT molecular complexity index is 580. The number of rotatable bonds is 5. The van der Waals surface area contributed by atoms with Gasteiger partial charge in [-0.05, 0) is 22.0 Å². The highest BCUT2D eigenvalue weighted by Gasteiger charge is 2.11. The van der Waals surface area contributed by atoms with E-state index in [-0.39, 0.29) is 0 Å². The number of ether oxygens (including phenoxy) is 2. The minimum atomic E-state index is 0.423. The Morgan fingerprint density at radius 3 is 2.84 bits per heavy atom. The summed E-state index contributed by atoms with van der Waals surface area (Å²) in [7, 11) is 1.63. The van der Waals surface area contributed by atoms with Crippen LogP contribution in [0.25, 0.3) is 0 Å². The summed E-state index contributed by atoms with van der Waals surface area (Å²) in [4.78, 5) is 4.23. The molecule has 0 amide bonds. The van der Waals surface area contributed by atoms with Crippen LogP contribution in [0.2, 0.25) is 10.0 Å². The third-order valence-electron chi connectivity index (χ3n) is 2.15. The van der Waals surface area contributed by atoms with Gasteiger partial charge in [-0.1, -0.05) is 23.2 Å². The number of nitrogens with zero attached hydrogens (tertiary/aromatic N) is 2. The molecule has 0 saturated carbocycles. The Morgan fingerprint density at radius 2 is 2.11 bits per heavy atom. The Balaban J connectivity index is 2.12. The molecule has 1 heterocycles. The summed E-state index contributed by atoms with van der Waals surface area (Å²) in [5.74, 6) is 1.13. The maximum atomic E-state index is 6.06. The quantitative estimate of drug-likeness (QED) is 0.708. The second-order valence-corrected chi connectivity index (χ2v) is 5.90. The lowest BCUT2D eigenvalue weighted by molar-refractivity contribution is 0.200. The van der Waals surface area contributed by atoms with Crippen molar-refractivity contribution in [3.8, 4) is 10.9 Å². The third kappa shape index (κ3) is 4.03. The van der Waals surface area contributed by atoms with E-state index < -0.39 is 0 Å². The van der Waals surface area contributed by atoms with E-state index in [4.69, 9.17) is 32.7 Å². The lowest BCUT2D eigenvalue weighted by Crippen LogP contribution is -1.96. The van der Waals surface area contributed by atoms with Gasteiger partial charge in [-0.15, -0.1) is 0 Å². The summed E-state index contributed by atoms with van der Waals surface area (Å²) < 4.78 is 15.4. The van der Waals surface area contributed by atoms with Crippen LogP contribution in [0.1, 0.15) is 5.82 Å². The molecule has 0 saturated heterocycles. The van der Waals surface area contributed by atoms with E-state index in [1.54, 1.807) is 19.2 Å². The van der Waals surface area contributed by atoms with Crippen molar-refractivity contribution in [1.29, 1.82) is 0 Å². The van der Waals surface area contributed by atoms with Gasteiger partial charge in [-0.2, -0.15) is 9.36 Å². The molecular weight excluding hydrogens is 375 g/mol. The molecule has 0 bridgehead atoms. The molecule has 1 aromatic carbocycles. The van der Waals surface area contributed by atoms with Crippen molar-refractivity contribution in [2.45, 2.75) is 6.42 Å². The Kier molecular flexibility index (Phi) is 5.41. The minimum Gasteiger partial charge on any atom is -0.428 e. The number of benzene rings is 1. The topological polar surface area (TPSA) is 44.2 Å². The zero-order valence-corrected chi connectivity index (χ0v) is 13.7. The molecule has 0 unspecified atom stereocenters. The molecule has 0 aliphatic rings. The number of aromatic nitrogens is 2. The number of hydrogen-bond acceptors (Lipinski definition) is 5. The second kappa shape index (κ2) is 6.85. The van der Waals surface area contributed by atoms with Crippen molar-refractivity contribution in [1.82, 2.24) is 9.36 Å². The van der Waals surface area contributed by atoms with Gasteiger partial charge in [-0.3, -0.25) is 0 Å². The lowest BCUT2D eigenvalue weighted by Gasteiger charge is -2.05. The van der Waals surface area contributed by atoms with Gasteiger partial charge in [0, 0.05) is 35.6 Å². The maximum absolute atomic E-state index is 6.06. The molecule has 0 aliphatic heterocycles. The normalized spacial score (nSPS) is 10.7. The summed E-state index contributed by atoms with van der Waals surface area (Å²) in [5.41, 5.74) is 0. The Labute approximate surface area is 133 Å². The zero-order chi connectivity index (χ0) is 13.8. The molecule has 4 nitrogen and oxygen atoms in total. The first kappa shape index (κ1) is 15.0. The van der Waals surface area contributed by atoms with Crippen molar-refractivity contribution in [2.75, 3.05) is 13.7 Å². The average Bonchev–Trinajstić information content (AvgIpc) is 2.81. The highest BCUT2D eigenvalue weighted by molar-refractivity contribution is 9.10. The van der Waals surface area contributed by atoms with Gasteiger partial charge in [0.25, 0.3) is 5.19 Å². The van der Waals surface area contributed by atoms with Crippen molar-refractivity contribution < 1.29 is 9.47 Å². The third-order valence-corrected chi connectivity index (χ3v) is 4.28. The fraction of sp³-hybridized carbons (Fsp3) is 0.273. The van der Waals surface area contributed by atoms with Crippen LogP contribution in [0.5, 0.6) is 10.9 Å². The molecule has 2 rings (SSSR count). The minimum absolute atomic E-state index is 0.423. The van der Waals surface area contributed by atoms with Crippen molar-refractivity contribution in [2.24, 2.45) is 0 Å². The van der Waals surface area contributed by atoms with Crippen LogP contribution in [0, 0.1) is 0 Å². The number of hydrogen-bond donors (Lipinski definition) is 0. The summed E-state index contributed by atoms with van der Waals surface area (Å²) in [5, 5.41) is 1.39. The zero-order valence-electron chi connectivity index (χ0n) is 9.82. The second-order valence-electron chi connectivity index (χ2n) is 3.52. The summed E-state index contributed by atoms with van der Waals surface area (Å²) >= 11 is 16.5. The van der Waals surface area contributed by atoms with E-state index in [0.717, 1.165) is 11.5 Å². The first-order valence-electron chi connectivity index (χ1n) is 5.24. The largest absolute Gasteiger partial charge is 0.428 e. The van der Waals surface area contributed by atoms with Gasteiger partial charge in [0.1, 0.15) is 5.82 Å². The van der Waals surface area contributed by atoms with Crippen LogP contribution in [0.3, 0.4) is 0 Å². The molecule has 8 heteroatoms. The molecule has 0 spiro atoms. The average molecular weight is 384 g/mol. The van der Waals surface area contributed by atoms with Crippen LogP contribution in [0.4, 0.5) is 0 Å². The SMILES string of the molecule is COCCc1nsc(Oc2cc(Cl)c(Br)cc2Cl)n1. The van der Waals surface area contributed by atoms with E-state index in [2.05, 4.69) is 25.3 Å². The predicted octanol–water partition coefficient (Wildman–Crippen LogP) is 4.59. The lowest BCUT2D eigenvalue weighted by atomic mass is 10.3. The van der Waals surface area contributed by atoms with Crippen LogP contribution in [-0.2, 0) is 11.2 Å². The summed E-state index contributed by atoms with van der Waals surface area (Å²) in [6.07, 6.45) is 0.644. The molecule has 0 aliphatic carbocycles. The first-order chi connectivity index (χ1) is 9.10. The molecule has 102 valence electrons. The van der Waals surface area contributed by atoms with Crippen molar-refractivity contribution >= 4 is 50.7 Å². The number of methoxy groups -OCH3 is 1. The van der Waals surface area contributed by atoms with E-state index >= 15 is 0 Å². The molecule has 0 fully saturated rings. The van der Waals surface area contributed by atoms with E-state index in [1.807, 2.05) is 0 Å². The van der Waals surface area contributed by atoms with E-state index in [1.165, 1.54) is 0 Å². The van der Waals surface area contributed by atoms with Gasteiger partial charge < -0.3 is 9.47 Å². The van der Waals surface area contributed by atoms with Gasteiger partial charge in [0.15, 0.2) is 5.75 Å². The fourth-order valence-electron chi connectivity index (χ4n) is 1.25. The van der Waals surface area contributed by atoms with Gasteiger partial charge in [0.2, 0.25) is 0 Å². The van der Waals surface area contributed by atoms with E-state index in [0.29, 0.717) is 44.3 Å². The number of halogens is 3. The first-order valence-corrected chi connectivity index (χ1v) is 7.56. The van der Waals surface area contributed by atoms with Crippen LogP contribution < -0.4 is 4.74 Å². The molecule has 0 N–H and O–H groups in total. The molecule has 0 radical (unpaired) electrons. The van der Waals surface area contributed by atoms with Crippen molar-refractivity contribution in [3.05, 3.63) is 32.5 Å². The summed E-state index contributed by atoms with van der Waals surface area (Å²) in [6, 6.07) is 3.30. The van der Waals surface area contributed by atoms with Gasteiger partial charge in [0.05, 0.1) is 16.7 Å². The predicted molar refractivity (Wildman–Crippen MR) is 79.7 cm³/mol. The molecule has 0 atom stereocenters. The van der Waals surface area contributed by atoms with E-state index in [9.17, 15) is 0 Å². The molecule has 2 aromatic rings. The Morgan fingerprint density at radius 1 is 1.32 bits per heavy atom.